The molecule has 13 heteroatoms. The monoisotopic (exact) mass is 520 g/mol. The molecule has 0 aliphatic carbocycles. The van der Waals surface area contributed by atoms with Gasteiger partial charge in [0.15, 0.2) is 17.6 Å². The van der Waals surface area contributed by atoms with Crippen LogP contribution in [0, 0.1) is 22.7 Å². The molecule has 0 bridgehead atoms. The summed E-state index contributed by atoms with van der Waals surface area (Å²) >= 11 is 0. The fourth-order valence-corrected chi connectivity index (χ4v) is 3.92. The number of nitriles is 2. The highest BCUT2D eigenvalue weighted by molar-refractivity contribution is 5.75. The first kappa shape index (κ1) is 28.0. The number of aldehydes is 1. The number of H-pyrrole nitrogens is 2. The third-order valence-electron chi connectivity index (χ3n) is 5.86. The summed E-state index contributed by atoms with van der Waals surface area (Å²) in [4.78, 5) is 43.0. The van der Waals surface area contributed by atoms with E-state index in [-0.39, 0.29) is 39.2 Å². The predicted octanol–water partition coefficient (Wildman–Crippen LogP) is 1.58. The number of aromatic nitrogens is 6. The Morgan fingerprint density at radius 2 is 1.50 bits per heavy atom. The lowest BCUT2D eigenvalue weighted by atomic mass is 10.1. The minimum absolute atomic E-state index is 0.101. The maximum Gasteiger partial charge on any atom is 0.276 e. The highest BCUT2D eigenvalue weighted by Crippen LogP contribution is 2.15. The van der Waals surface area contributed by atoms with E-state index in [0.717, 1.165) is 13.2 Å². The Labute approximate surface area is 216 Å². The number of rotatable bonds is 4. The largest absolute Gasteiger partial charge is 0.387 e. The van der Waals surface area contributed by atoms with Gasteiger partial charge in [-0.2, -0.15) is 10.5 Å². The Morgan fingerprint density at radius 1 is 1.00 bits per heavy atom. The number of fused-ring (bicyclic) bond motifs is 2. The highest BCUT2D eigenvalue weighted by atomic mass is 16.5. The molecule has 0 amide bonds. The van der Waals surface area contributed by atoms with E-state index in [0.29, 0.717) is 35.9 Å². The number of ether oxygens (including phenoxy) is 1. The van der Waals surface area contributed by atoms with E-state index in [1.165, 1.54) is 34.3 Å². The Morgan fingerprint density at radius 3 is 1.89 bits per heavy atom. The molecule has 198 valence electrons. The molecule has 1 aliphatic heterocycles. The van der Waals surface area contributed by atoms with Crippen molar-refractivity contribution in [2.24, 2.45) is 0 Å². The van der Waals surface area contributed by atoms with Crippen LogP contribution in [0.1, 0.15) is 78.2 Å². The molecule has 13 nitrogen and oxygen atoms in total. The van der Waals surface area contributed by atoms with Gasteiger partial charge in [-0.25, -0.2) is 19.0 Å². The molecule has 0 radical (unpaired) electrons. The third-order valence-corrected chi connectivity index (χ3v) is 5.86. The maximum absolute atomic E-state index is 12.1. The first-order valence-corrected chi connectivity index (χ1v) is 12.1. The maximum atomic E-state index is 12.1. The molecule has 38 heavy (non-hydrogen) atoms. The van der Waals surface area contributed by atoms with Crippen molar-refractivity contribution < 1.29 is 14.6 Å². The number of carbonyl (C=O) groups is 1. The standard InChI is InChI=1S/C11H12N4O2.C10H8N4O2.C4H8O/c1-3-8-9(6(2)16)14-10-7(4-12)5-13-15(10)11(8)17;1-2-7-8(5-15)13-9-6(3-11)4-12-14(9)10(7)16;1-2-4-5-3-1/h5-6,13,16H,3H2,1-2H3;4-5,12H,2H2,1H3;1-4H2. The van der Waals surface area contributed by atoms with Gasteiger partial charge in [0.05, 0.1) is 11.8 Å². The summed E-state index contributed by atoms with van der Waals surface area (Å²) in [5.41, 5.74) is 1.61. The number of aliphatic hydroxyl groups excluding tert-OH is 1. The van der Waals surface area contributed by atoms with E-state index in [1.54, 1.807) is 13.8 Å². The smallest absolute Gasteiger partial charge is 0.276 e. The molecule has 0 aromatic carbocycles. The lowest BCUT2D eigenvalue weighted by Gasteiger charge is -2.09. The lowest BCUT2D eigenvalue weighted by molar-refractivity contribution is 0.111. The quantitative estimate of drug-likeness (QED) is 0.335. The predicted molar refractivity (Wildman–Crippen MR) is 136 cm³/mol. The number of nitrogens with one attached hydrogen (secondary N) is 2. The zero-order valence-corrected chi connectivity index (χ0v) is 21.3. The SMILES string of the molecule is C1CCOC1.CCc1c(C(C)O)nc2c(C#N)c[nH]n2c1=O.CCc1c(C=O)nc2c(C#N)c[nH]n2c1=O. The summed E-state index contributed by atoms with van der Waals surface area (Å²) in [5, 5.41) is 32.6. The molecular formula is C25H28N8O5. The van der Waals surface area contributed by atoms with Crippen LogP contribution in [-0.4, -0.2) is 53.8 Å². The molecule has 0 spiro atoms. The van der Waals surface area contributed by atoms with E-state index in [1.807, 2.05) is 19.1 Å². The van der Waals surface area contributed by atoms with Crippen molar-refractivity contribution in [3.8, 4) is 12.1 Å². The van der Waals surface area contributed by atoms with Gasteiger partial charge in [0.1, 0.15) is 29.0 Å². The van der Waals surface area contributed by atoms with E-state index in [2.05, 4.69) is 20.2 Å². The van der Waals surface area contributed by atoms with Gasteiger partial charge in [0.25, 0.3) is 11.1 Å². The second-order valence-electron chi connectivity index (χ2n) is 8.30. The number of aliphatic hydroxyl groups is 1. The second-order valence-corrected chi connectivity index (χ2v) is 8.30. The first-order chi connectivity index (χ1) is 18.3. The number of hydrogen-bond acceptors (Lipinski definition) is 9. The van der Waals surface area contributed by atoms with Gasteiger partial charge in [-0.05, 0) is 32.6 Å². The molecule has 3 N–H and O–H groups in total. The Balaban J connectivity index is 0.000000178. The van der Waals surface area contributed by atoms with Crippen LogP contribution < -0.4 is 11.1 Å². The van der Waals surface area contributed by atoms with E-state index < -0.39 is 6.10 Å². The van der Waals surface area contributed by atoms with Crippen molar-refractivity contribution in [2.45, 2.75) is 52.6 Å². The van der Waals surface area contributed by atoms with Crippen LogP contribution in [-0.2, 0) is 17.6 Å². The third kappa shape index (κ3) is 5.54. The average molecular weight is 521 g/mol. The Bertz CT molecular complexity index is 1630. The summed E-state index contributed by atoms with van der Waals surface area (Å²) in [6.45, 7) is 7.15. The Hall–Kier alpha value is -4.59. The number of aromatic amines is 2. The van der Waals surface area contributed by atoms with Gasteiger partial charge in [-0.3, -0.25) is 24.6 Å². The molecule has 1 atom stereocenters. The van der Waals surface area contributed by atoms with Crippen LogP contribution in [0.5, 0.6) is 0 Å². The average Bonchev–Trinajstić information content (AvgIpc) is 3.70. The number of carbonyl (C=O) groups excluding carboxylic acids is 1. The van der Waals surface area contributed by atoms with Crippen LogP contribution in [0.4, 0.5) is 0 Å². The number of nitrogens with zero attached hydrogens (tertiary/aromatic N) is 6. The molecule has 5 heterocycles. The molecular weight excluding hydrogens is 492 g/mol. The van der Waals surface area contributed by atoms with E-state index >= 15 is 0 Å². The van der Waals surface area contributed by atoms with Crippen molar-refractivity contribution in [2.75, 3.05) is 13.2 Å². The van der Waals surface area contributed by atoms with Crippen LogP contribution in [0.25, 0.3) is 11.3 Å². The summed E-state index contributed by atoms with van der Waals surface area (Å²) < 4.78 is 7.34. The van der Waals surface area contributed by atoms with Crippen molar-refractivity contribution in [3.63, 3.8) is 0 Å². The fourth-order valence-electron chi connectivity index (χ4n) is 3.92. The lowest BCUT2D eigenvalue weighted by Crippen LogP contribution is -2.23. The van der Waals surface area contributed by atoms with Crippen molar-refractivity contribution >= 4 is 17.6 Å². The van der Waals surface area contributed by atoms with Crippen molar-refractivity contribution in [1.29, 1.82) is 10.5 Å². The summed E-state index contributed by atoms with van der Waals surface area (Å²) in [7, 11) is 0. The summed E-state index contributed by atoms with van der Waals surface area (Å²) in [6, 6.07) is 3.84. The molecule has 5 rings (SSSR count). The topological polar surface area (TPSA) is 194 Å². The Kier molecular flexibility index (Phi) is 9.27. The van der Waals surface area contributed by atoms with Gasteiger partial charge in [0, 0.05) is 36.7 Å². The normalized spacial score (nSPS) is 13.1. The molecule has 1 unspecified atom stereocenters. The van der Waals surface area contributed by atoms with Crippen LogP contribution in [0.3, 0.4) is 0 Å². The minimum atomic E-state index is -0.830. The molecule has 1 aliphatic rings. The number of hydrogen-bond donors (Lipinski definition) is 3. The van der Waals surface area contributed by atoms with Crippen LogP contribution in [0.2, 0.25) is 0 Å². The zero-order chi connectivity index (χ0) is 27.8. The minimum Gasteiger partial charge on any atom is -0.387 e. The van der Waals surface area contributed by atoms with Gasteiger partial charge in [0.2, 0.25) is 0 Å². The summed E-state index contributed by atoms with van der Waals surface area (Å²) in [5.74, 6) is 0. The second kappa shape index (κ2) is 12.6. The zero-order valence-electron chi connectivity index (χ0n) is 21.3. The molecule has 4 aromatic heterocycles. The van der Waals surface area contributed by atoms with Crippen LogP contribution in [0.15, 0.2) is 22.0 Å². The first-order valence-electron chi connectivity index (χ1n) is 12.1. The van der Waals surface area contributed by atoms with Crippen molar-refractivity contribution in [1.82, 2.24) is 29.2 Å². The van der Waals surface area contributed by atoms with E-state index in [4.69, 9.17) is 15.3 Å². The van der Waals surface area contributed by atoms with Crippen LogP contribution >= 0.6 is 0 Å². The van der Waals surface area contributed by atoms with Gasteiger partial charge >= 0.3 is 0 Å². The molecule has 1 fully saturated rings. The van der Waals surface area contributed by atoms with Gasteiger partial charge in [-0.15, -0.1) is 0 Å². The van der Waals surface area contributed by atoms with Crippen molar-refractivity contribution in [3.05, 3.63) is 66.7 Å². The van der Waals surface area contributed by atoms with E-state index in [9.17, 15) is 19.5 Å². The molecule has 1 saturated heterocycles. The highest BCUT2D eigenvalue weighted by Gasteiger charge is 2.17. The summed E-state index contributed by atoms with van der Waals surface area (Å²) in [6.07, 6.45) is 5.98. The molecule has 4 aromatic rings. The fraction of sp³-hybridized carbons (Fsp3) is 0.400. The van der Waals surface area contributed by atoms with Gasteiger partial charge in [-0.1, -0.05) is 13.8 Å². The molecule has 0 saturated carbocycles. The van der Waals surface area contributed by atoms with Gasteiger partial charge < -0.3 is 9.84 Å².